The second kappa shape index (κ2) is 9.64. The van der Waals surface area contributed by atoms with Gasteiger partial charge in [-0.3, -0.25) is 9.11 Å². The van der Waals surface area contributed by atoms with Crippen LogP contribution in [0.4, 0.5) is 0 Å². The van der Waals surface area contributed by atoms with Gasteiger partial charge >= 0.3 is 0 Å². The van der Waals surface area contributed by atoms with Crippen molar-refractivity contribution >= 4 is 20.2 Å². The summed E-state index contributed by atoms with van der Waals surface area (Å²) >= 11 is 0. The van der Waals surface area contributed by atoms with Crippen LogP contribution in [0.1, 0.15) is 27.7 Å². The summed E-state index contributed by atoms with van der Waals surface area (Å²) in [7, 11) is -7.33. The van der Waals surface area contributed by atoms with Crippen LogP contribution in [-0.4, -0.2) is 61.4 Å². The average molecular weight is 338 g/mol. The molecule has 0 aliphatic heterocycles. The minimum Gasteiger partial charge on any atom is -0.396 e. The number of rotatable bonds is 3. The van der Waals surface area contributed by atoms with Crippen molar-refractivity contribution in [2.45, 2.75) is 33.8 Å². The summed E-state index contributed by atoms with van der Waals surface area (Å²) < 4.78 is 51.7. The van der Waals surface area contributed by atoms with Crippen molar-refractivity contribution in [1.29, 1.82) is 0 Å². The van der Waals surface area contributed by atoms with E-state index in [-0.39, 0.29) is 17.9 Å². The Bertz CT molecular complexity index is 390. The van der Waals surface area contributed by atoms with Crippen LogP contribution in [-0.2, 0) is 20.2 Å². The smallest absolute Gasteiger partial charge is 0.261 e. The van der Waals surface area contributed by atoms with E-state index in [1.54, 1.807) is 0 Å². The van der Waals surface area contributed by atoms with E-state index >= 15 is 0 Å². The first kappa shape index (κ1) is 24.7. The molecular weight excluding hydrogens is 312 g/mol. The maximum absolute atomic E-state index is 9.49. The predicted octanol–water partition coefficient (Wildman–Crippen LogP) is 0.0298. The molecule has 0 aromatic heterocycles. The summed E-state index contributed by atoms with van der Waals surface area (Å²) in [6.45, 7) is 7.64. The quantitative estimate of drug-likeness (QED) is 0.526. The van der Waals surface area contributed by atoms with Gasteiger partial charge in [0.25, 0.3) is 20.2 Å². The molecule has 0 spiro atoms. The predicted molar refractivity (Wildman–Crippen MR) is 76.7 cm³/mol. The summed E-state index contributed by atoms with van der Waals surface area (Å²) in [5, 5.41) is 18.3. The van der Waals surface area contributed by atoms with Gasteiger partial charge in [-0.25, -0.2) is 0 Å². The maximum atomic E-state index is 9.49. The second-order valence-electron chi connectivity index (χ2n) is 5.30. The van der Waals surface area contributed by atoms with Gasteiger partial charge in [0.05, 0.1) is 25.2 Å². The molecule has 1 unspecified atom stereocenters. The molecule has 0 aromatic carbocycles. The topological polar surface area (TPSA) is 149 Å². The zero-order chi connectivity index (χ0) is 17.4. The molecule has 20 heavy (non-hydrogen) atoms. The first-order chi connectivity index (χ1) is 8.41. The molecule has 10 heteroatoms. The summed E-state index contributed by atoms with van der Waals surface area (Å²) in [5.41, 5.74) is -0.367. The lowest BCUT2D eigenvalue weighted by Crippen LogP contribution is -2.36. The van der Waals surface area contributed by atoms with Crippen molar-refractivity contribution in [3.63, 3.8) is 0 Å². The summed E-state index contributed by atoms with van der Waals surface area (Å²) in [6.07, 6.45) is 1.01. The third-order valence-electron chi connectivity index (χ3n) is 1.84. The molecule has 1 atom stereocenters. The number of aliphatic hydroxyl groups is 2. The van der Waals surface area contributed by atoms with Gasteiger partial charge in [0.1, 0.15) is 0 Å². The van der Waals surface area contributed by atoms with Crippen LogP contribution in [0.2, 0.25) is 0 Å². The van der Waals surface area contributed by atoms with Crippen molar-refractivity contribution in [3.05, 3.63) is 0 Å². The Labute approximate surface area is 121 Å². The molecule has 0 bridgehead atoms. The highest BCUT2D eigenvalue weighted by Gasteiger charge is 2.28. The fourth-order valence-corrected chi connectivity index (χ4v) is 0.996. The van der Waals surface area contributed by atoms with Crippen LogP contribution in [0.5, 0.6) is 0 Å². The van der Waals surface area contributed by atoms with Gasteiger partial charge in [-0.2, -0.15) is 16.8 Å². The van der Waals surface area contributed by atoms with Gasteiger partial charge in [-0.1, -0.05) is 27.7 Å². The molecule has 0 aromatic rings. The molecule has 0 aliphatic rings. The Kier molecular flexibility index (Phi) is 11.9. The molecule has 8 nitrogen and oxygen atoms in total. The van der Waals surface area contributed by atoms with Crippen LogP contribution in [0.3, 0.4) is 0 Å². The van der Waals surface area contributed by atoms with E-state index in [0.29, 0.717) is 12.5 Å². The normalized spacial score (nSPS) is 13.8. The molecule has 0 saturated carbocycles. The Hall–Kier alpha value is -0.260. The van der Waals surface area contributed by atoms with Crippen molar-refractivity contribution in [3.8, 4) is 0 Å². The van der Waals surface area contributed by atoms with Crippen molar-refractivity contribution in [1.82, 2.24) is 0 Å². The lowest BCUT2D eigenvalue weighted by Gasteiger charge is -2.30. The highest BCUT2D eigenvalue weighted by molar-refractivity contribution is 7.85. The molecule has 0 fully saturated rings. The van der Waals surface area contributed by atoms with Gasteiger partial charge in [-0.15, -0.1) is 0 Å². The molecule has 0 heterocycles. The Morgan fingerprint density at radius 2 is 1.15 bits per heavy atom. The first-order valence-corrected chi connectivity index (χ1v) is 9.25. The second-order valence-corrected chi connectivity index (χ2v) is 8.23. The summed E-state index contributed by atoms with van der Waals surface area (Å²) in [6, 6.07) is 0. The van der Waals surface area contributed by atoms with Gasteiger partial charge in [0.2, 0.25) is 0 Å². The SMILES string of the molecule is CC(C)C(O)C(C)(C)CO.CS(=O)(=O)O.CS(=O)(=O)O. The molecule has 0 amide bonds. The molecule has 126 valence electrons. The highest BCUT2D eigenvalue weighted by atomic mass is 32.2. The lowest BCUT2D eigenvalue weighted by molar-refractivity contribution is -0.0204. The van der Waals surface area contributed by atoms with Gasteiger partial charge in [0, 0.05) is 5.41 Å². The Morgan fingerprint density at radius 3 is 1.20 bits per heavy atom. The van der Waals surface area contributed by atoms with Crippen LogP contribution >= 0.6 is 0 Å². The molecule has 0 radical (unpaired) electrons. The van der Waals surface area contributed by atoms with Gasteiger partial charge in [-0.05, 0) is 5.92 Å². The first-order valence-electron chi connectivity index (χ1n) is 5.55. The van der Waals surface area contributed by atoms with Crippen LogP contribution < -0.4 is 0 Å². The van der Waals surface area contributed by atoms with E-state index in [1.165, 1.54) is 0 Å². The van der Waals surface area contributed by atoms with E-state index in [0.717, 1.165) is 0 Å². The molecular formula is C10H26O8S2. The number of hydrogen-bond donors (Lipinski definition) is 4. The van der Waals surface area contributed by atoms with Crippen molar-refractivity contribution in [2.24, 2.45) is 11.3 Å². The zero-order valence-electron chi connectivity index (χ0n) is 12.6. The zero-order valence-corrected chi connectivity index (χ0v) is 14.2. The Morgan fingerprint density at radius 1 is 0.950 bits per heavy atom. The standard InChI is InChI=1S/C8H18O2.2CH4O3S/c1-6(2)7(10)8(3,4)5-9;2*1-5(2,3)4/h6-7,9-10H,5H2,1-4H3;2*1H3,(H,2,3,4). The third kappa shape index (κ3) is 30.6. The minimum absolute atomic E-state index is 0.0341. The maximum Gasteiger partial charge on any atom is 0.261 e. The van der Waals surface area contributed by atoms with Crippen LogP contribution in [0.15, 0.2) is 0 Å². The van der Waals surface area contributed by atoms with E-state index < -0.39 is 26.3 Å². The van der Waals surface area contributed by atoms with E-state index in [4.69, 9.17) is 14.2 Å². The summed E-state index contributed by atoms with van der Waals surface area (Å²) in [4.78, 5) is 0. The highest BCUT2D eigenvalue weighted by Crippen LogP contribution is 2.24. The fraction of sp³-hybridized carbons (Fsp3) is 1.00. The van der Waals surface area contributed by atoms with Crippen molar-refractivity contribution < 1.29 is 36.2 Å². The number of aliphatic hydroxyl groups excluding tert-OH is 2. The largest absolute Gasteiger partial charge is 0.396 e. The molecule has 0 aliphatic carbocycles. The van der Waals surface area contributed by atoms with Crippen molar-refractivity contribution in [2.75, 3.05) is 19.1 Å². The third-order valence-corrected chi connectivity index (χ3v) is 1.84. The van der Waals surface area contributed by atoms with E-state index in [2.05, 4.69) is 0 Å². The van der Waals surface area contributed by atoms with Gasteiger partial charge < -0.3 is 10.2 Å². The fourth-order valence-electron chi connectivity index (χ4n) is 0.996. The molecule has 0 rings (SSSR count). The van der Waals surface area contributed by atoms with Crippen LogP contribution in [0.25, 0.3) is 0 Å². The molecule has 0 saturated heterocycles. The van der Waals surface area contributed by atoms with Crippen LogP contribution in [0, 0.1) is 11.3 Å². The number of hydrogen-bond acceptors (Lipinski definition) is 6. The average Bonchev–Trinajstić information content (AvgIpc) is 2.11. The monoisotopic (exact) mass is 338 g/mol. The minimum atomic E-state index is -3.67. The van der Waals surface area contributed by atoms with E-state index in [9.17, 15) is 21.9 Å². The summed E-state index contributed by atoms with van der Waals surface area (Å²) in [5.74, 6) is 0.210. The van der Waals surface area contributed by atoms with E-state index in [1.807, 2.05) is 27.7 Å². The lowest BCUT2D eigenvalue weighted by atomic mass is 9.82. The molecule has 4 N–H and O–H groups in total. The van der Waals surface area contributed by atoms with Gasteiger partial charge in [0.15, 0.2) is 0 Å². The Balaban J connectivity index is -0.000000244.